The van der Waals surface area contributed by atoms with Gasteiger partial charge in [-0.25, -0.2) is 0 Å². The van der Waals surface area contributed by atoms with Gasteiger partial charge in [-0.1, -0.05) is 0 Å². The lowest BCUT2D eigenvalue weighted by atomic mass is 10.3. The van der Waals surface area contributed by atoms with Gasteiger partial charge >= 0.3 is 5.97 Å². The number of ether oxygens (including phenoxy) is 1. The van der Waals surface area contributed by atoms with Crippen LogP contribution in [0.1, 0.15) is 19.8 Å². The van der Waals surface area contributed by atoms with Crippen LogP contribution in [0.4, 0.5) is 0 Å². The molecule has 0 fully saturated rings. The van der Waals surface area contributed by atoms with Gasteiger partial charge in [0.15, 0.2) is 4.77 Å². The number of rotatable bonds is 5. The third kappa shape index (κ3) is 3.10. The molecule has 5 nitrogen and oxygen atoms in total. The van der Waals surface area contributed by atoms with E-state index in [1.807, 2.05) is 11.4 Å². The van der Waals surface area contributed by atoms with E-state index in [1.54, 1.807) is 6.92 Å². The van der Waals surface area contributed by atoms with E-state index in [9.17, 15) is 9.59 Å². The molecule has 0 saturated heterocycles. The maximum atomic E-state index is 12.2. The maximum Gasteiger partial charge on any atom is 0.305 e. The van der Waals surface area contributed by atoms with Crippen molar-refractivity contribution in [1.82, 2.24) is 9.55 Å². The zero-order valence-corrected chi connectivity index (χ0v) is 12.1. The van der Waals surface area contributed by atoms with E-state index in [1.165, 1.54) is 15.9 Å². The Morgan fingerprint density at radius 3 is 3.11 bits per heavy atom. The Morgan fingerprint density at radius 2 is 2.37 bits per heavy atom. The summed E-state index contributed by atoms with van der Waals surface area (Å²) in [6, 6.07) is 1.83. The van der Waals surface area contributed by atoms with Gasteiger partial charge in [0, 0.05) is 13.0 Å². The van der Waals surface area contributed by atoms with Crippen LogP contribution in [0.2, 0.25) is 0 Å². The number of carbonyl (C=O) groups is 1. The van der Waals surface area contributed by atoms with Crippen LogP contribution < -0.4 is 5.56 Å². The molecule has 0 aromatic carbocycles. The fourth-order valence-electron chi connectivity index (χ4n) is 1.79. The van der Waals surface area contributed by atoms with E-state index in [4.69, 9.17) is 17.0 Å². The van der Waals surface area contributed by atoms with Gasteiger partial charge in [-0.15, -0.1) is 11.3 Å². The molecule has 0 spiro atoms. The number of aromatic nitrogens is 2. The van der Waals surface area contributed by atoms with Gasteiger partial charge < -0.3 is 9.72 Å². The third-order valence-corrected chi connectivity index (χ3v) is 3.88. The number of hydrogen-bond donors (Lipinski definition) is 1. The molecule has 0 bridgehead atoms. The van der Waals surface area contributed by atoms with Crippen LogP contribution in [-0.2, 0) is 16.1 Å². The Hall–Kier alpha value is -1.47. The quantitative estimate of drug-likeness (QED) is 0.680. The average Bonchev–Trinajstić information content (AvgIpc) is 2.82. The molecular weight excluding hydrogens is 284 g/mol. The Morgan fingerprint density at radius 1 is 1.58 bits per heavy atom. The monoisotopic (exact) mass is 298 g/mol. The predicted octanol–water partition coefficient (Wildman–Crippen LogP) is 2.46. The first-order valence-electron chi connectivity index (χ1n) is 5.99. The van der Waals surface area contributed by atoms with Gasteiger partial charge in [-0.3, -0.25) is 14.2 Å². The molecule has 2 rings (SSSR count). The normalized spacial score (nSPS) is 10.8. The summed E-state index contributed by atoms with van der Waals surface area (Å²) in [6.45, 7) is 2.56. The standard InChI is InChI=1S/C12H14N2O3S2/c1-2-17-9(15)4-3-6-14-11(16)10-8(5-7-19-10)13-12(14)18/h5,7H,2-4,6H2,1H3,(H,13,18). The molecule has 2 aromatic heterocycles. The number of thiophene rings is 1. The van der Waals surface area contributed by atoms with Crippen molar-refractivity contribution in [2.45, 2.75) is 26.3 Å². The summed E-state index contributed by atoms with van der Waals surface area (Å²) in [5.74, 6) is -0.248. The number of hydrogen-bond acceptors (Lipinski definition) is 5. The predicted molar refractivity (Wildman–Crippen MR) is 77.1 cm³/mol. The summed E-state index contributed by atoms with van der Waals surface area (Å²) in [4.78, 5) is 26.4. The molecule has 0 unspecified atom stereocenters. The summed E-state index contributed by atoms with van der Waals surface area (Å²) in [5.41, 5.74) is 0.666. The summed E-state index contributed by atoms with van der Waals surface area (Å²) < 4.78 is 7.38. The first kappa shape index (κ1) is 14.0. The Bertz CT molecular complexity index is 699. The molecule has 0 amide bonds. The molecule has 19 heavy (non-hydrogen) atoms. The zero-order valence-electron chi connectivity index (χ0n) is 10.5. The van der Waals surface area contributed by atoms with Crippen LogP contribution in [-0.4, -0.2) is 22.1 Å². The lowest BCUT2D eigenvalue weighted by Crippen LogP contribution is -2.22. The molecule has 0 aliphatic carbocycles. The average molecular weight is 298 g/mol. The van der Waals surface area contributed by atoms with E-state index < -0.39 is 0 Å². The molecule has 0 atom stereocenters. The molecule has 2 aromatic rings. The largest absolute Gasteiger partial charge is 0.466 e. The van der Waals surface area contributed by atoms with Crippen molar-refractivity contribution < 1.29 is 9.53 Å². The van der Waals surface area contributed by atoms with Gasteiger partial charge in [-0.2, -0.15) is 0 Å². The Labute approximate surface area is 118 Å². The van der Waals surface area contributed by atoms with Crippen molar-refractivity contribution in [1.29, 1.82) is 0 Å². The van der Waals surface area contributed by atoms with Crippen molar-refractivity contribution in [2.24, 2.45) is 0 Å². The van der Waals surface area contributed by atoms with Crippen molar-refractivity contribution >= 4 is 39.7 Å². The fraction of sp³-hybridized carbons (Fsp3) is 0.417. The van der Waals surface area contributed by atoms with Crippen molar-refractivity contribution in [3.8, 4) is 0 Å². The first-order valence-corrected chi connectivity index (χ1v) is 7.28. The molecule has 102 valence electrons. The SMILES string of the molecule is CCOC(=O)CCCn1c(=S)[nH]c2ccsc2c1=O. The summed E-state index contributed by atoms with van der Waals surface area (Å²) >= 11 is 6.54. The Kier molecular flexibility index (Phi) is 4.49. The zero-order chi connectivity index (χ0) is 13.8. The van der Waals surface area contributed by atoms with Crippen molar-refractivity contribution in [3.05, 3.63) is 26.6 Å². The number of nitrogens with zero attached hydrogens (tertiary/aromatic N) is 1. The smallest absolute Gasteiger partial charge is 0.305 e. The van der Waals surface area contributed by atoms with Crippen LogP contribution in [0.5, 0.6) is 0 Å². The molecule has 7 heteroatoms. The molecule has 1 N–H and O–H groups in total. The number of esters is 1. The fourth-order valence-corrected chi connectivity index (χ4v) is 2.87. The number of carbonyl (C=O) groups excluding carboxylic acids is 1. The minimum Gasteiger partial charge on any atom is -0.466 e. The van der Waals surface area contributed by atoms with Crippen LogP contribution in [0.25, 0.3) is 10.2 Å². The molecule has 2 heterocycles. The Balaban J connectivity index is 2.14. The van der Waals surface area contributed by atoms with E-state index in [0.717, 1.165) is 5.52 Å². The highest BCUT2D eigenvalue weighted by Gasteiger charge is 2.08. The topological polar surface area (TPSA) is 64.1 Å². The maximum absolute atomic E-state index is 12.2. The van der Waals surface area contributed by atoms with Crippen LogP contribution in [0.15, 0.2) is 16.2 Å². The van der Waals surface area contributed by atoms with Crippen LogP contribution in [0, 0.1) is 4.77 Å². The number of aromatic amines is 1. The molecule has 0 aliphatic heterocycles. The van der Waals surface area contributed by atoms with E-state index in [2.05, 4.69) is 4.98 Å². The third-order valence-electron chi connectivity index (χ3n) is 2.66. The van der Waals surface area contributed by atoms with Crippen LogP contribution in [0.3, 0.4) is 0 Å². The highest BCUT2D eigenvalue weighted by molar-refractivity contribution is 7.71. The van der Waals surface area contributed by atoms with Gasteiger partial charge in [0.2, 0.25) is 0 Å². The van der Waals surface area contributed by atoms with E-state index in [0.29, 0.717) is 29.0 Å². The van der Waals surface area contributed by atoms with Crippen molar-refractivity contribution in [2.75, 3.05) is 6.61 Å². The number of H-pyrrole nitrogens is 1. The molecular formula is C12H14N2O3S2. The summed E-state index contributed by atoms with van der Waals surface area (Å²) in [7, 11) is 0. The lowest BCUT2D eigenvalue weighted by molar-refractivity contribution is -0.143. The second-order valence-electron chi connectivity index (χ2n) is 3.96. The van der Waals surface area contributed by atoms with E-state index >= 15 is 0 Å². The lowest BCUT2D eigenvalue weighted by Gasteiger charge is -2.06. The van der Waals surface area contributed by atoms with Crippen molar-refractivity contribution in [3.63, 3.8) is 0 Å². The first-order chi connectivity index (χ1) is 9.13. The van der Waals surface area contributed by atoms with Gasteiger partial charge in [0.25, 0.3) is 5.56 Å². The summed E-state index contributed by atoms with van der Waals surface area (Å²) in [6.07, 6.45) is 0.824. The summed E-state index contributed by atoms with van der Waals surface area (Å²) in [5, 5.41) is 1.85. The second kappa shape index (κ2) is 6.12. The molecule has 0 radical (unpaired) electrons. The molecule has 0 aliphatic rings. The molecule has 0 saturated carbocycles. The minimum absolute atomic E-state index is 0.0994. The highest BCUT2D eigenvalue weighted by Crippen LogP contribution is 2.14. The number of nitrogens with one attached hydrogen (secondary N) is 1. The highest BCUT2D eigenvalue weighted by atomic mass is 32.1. The van der Waals surface area contributed by atoms with Gasteiger partial charge in [0.1, 0.15) is 4.70 Å². The van der Waals surface area contributed by atoms with E-state index in [-0.39, 0.29) is 17.9 Å². The minimum atomic E-state index is -0.248. The number of fused-ring (bicyclic) bond motifs is 1. The second-order valence-corrected chi connectivity index (χ2v) is 5.26. The van der Waals surface area contributed by atoms with Gasteiger partial charge in [0.05, 0.1) is 12.1 Å². The van der Waals surface area contributed by atoms with Gasteiger partial charge in [-0.05, 0) is 37.0 Å². The van der Waals surface area contributed by atoms with Crippen LogP contribution >= 0.6 is 23.6 Å².